The van der Waals surface area contributed by atoms with Gasteiger partial charge < -0.3 is 19.4 Å². The summed E-state index contributed by atoms with van der Waals surface area (Å²) in [6, 6.07) is 6.02. The molecule has 0 atom stereocenters. The van der Waals surface area contributed by atoms with Crippen LogP contribution in [0.3, 0.4) is 0 Å². The average molecular weight is 497 g/mol. The van der Waals surface area contributed by atoms with Crippen molar-refractivity contribution in [3.05, 3.63) is 47.5 Å². The third kappa shape index (κ3) is 7.59. The summed E-state index contributed by atoms with van der Waals surface area (Å²) >= 11 is 0. The first-order valence-electron chi connectivity index (χ1n) is 14.0. The number of benzene rings is 1. The minimum Gasteiger partial charge on any atom is -0.496 e. The van der Waals surface area contributed by atoms with Crippen LogP contribution in [0.1, 0.15) is 69.4 Å². The number of piperidine rings is 2. The number of likely N-dealkylation sites (tertiary alicyclic amines) is 2. The van der Waals surface area contributed by atoms with E-state index in [4.69, 9.17) is 14.1 Å². The topological polar surface area (TPSA) is 53.8 Å². The van der Waals surface area contributed by atoms with E-state index in [1.165, 1.54) is 51.0 Å². The molecule has 4 rings (SSSR count). The highest BCUT2D eigenvalue weighted by Gasteiger charge is 2.24. The van der Waals surface area contributed by atoms with Crippen molar-refractivity contribution in [1.29, 1.82) is 0 Å². The Kier molecular flexibility index (Phi) is 11.3. The average Bonchev–Trinajstić information content (AvgIpc) is 3.27. The zero-order valence-electron chi connectivity index (χ0n) is 23.4. The van der Waals surface area contributed by atoms with E-state index in [0.717, 1.165) is 67.4 Å². The monoisotopic (exact) mass is 496 g/mol. The Morgan fingerprint density at radius 1 is 1.08 bits per heavy atom. The van der Waals surface area contributed by atoms with E-state index >= 15 is 0 Å². The molecule has 2 saturated heterocycles. The number of rotatable bonds is 10. The van der Waals surface area contributed by atoms with Gasteiger partial charge in [0, 0.05) is 24.7 Å². The Hall–Kier alpha value is -2.31. The third-order valence-electron chi connectivity index (χ3n) is 7.47. The largest absolute Gasteiger partial charge is 0.496 e. The van der Waals surface area contributed by atoms with Gasteiger partial charge in [-0.2, -0.15) is 0 Å². The molecule has 0 amide bonds. The fourth-order valence-corrected chi connectivity index (χ4v) is 5.30. The first-order chi connectivity index (χ1) is 17.5. The molecule has 1 aromatic heterocycles. The quantitative estimate of drug-likeness (QED) is 0.396. The number of hydrogen-bond donors (Lipinski definition) is 1. The number of methoxy groups -OCH3 is 1. The molecule has 0 radical (unpaired) electrons. The summed E-state index contributed by atoms with van der Waals surface area (Å²) in [5.41, 5.74) is 4.30. The number of aromatic nitrogens is 1. The maximum Gasteiger partial charge on any atom is 0.230 e. The molecule has 0 unspecified atom stereocenters. The summed E-state index contributed by atoms with van der Waals surface area (Å²) in [6.45, 7) is 20.2. The SMILES string of the molecule is C=C(NCCCN1CCCCC1)C1CCN(Cc2nc(-c3c(C)cccc3OC)oc2C)CC1.CC. The lowest BCUT2D eigenvalue weighted by Gasteiger charge is -2.33. The highest BCUT2D eigenvalue weighted by atomic mass is 16.5. The van der Waals surface area contributed by atoms with E-state index in [1.54, 1.807) is 7.11 Å². The smallest absolute Gasteiger partial charge is 0.230 e. The molecule has 6 heteroatoms. The predicted octanol–water partition coefficient (Wildman–Crippen LogP) is 6.18. The van der Waals surface area contributed by atoms with Gasteiger partial charge in [0.05, 0.1) is 18.4 Å². The number of nitrogens with zero attached hydrogens (tertiary/aromatic N) is 3. The molecule has 2 fully saturated rings. The fraction of sp³-hybridized carbons (Fsp3) is 0.633. The van der Waals surface area contributed by atoms with Crippen LogP contribution in [0, 0.1) is 19.8 Å². The van der Waals surface area contributed by atoms with E-state index in [9.17, 15) is 0 Å². The van der Waals surface area contributed by atoms with Gasteiger partial charge in [-0.25, -0.2) is 4.98 Å². The van der Waals surface area contributed by atoms with E-state index in [2.05, 4.69) is 34.7 Å². The van der Waals surface area contributed by atoms with Crippen LogP contribution in [-0.4, -0.2) is 61.2 Å². The lowest BCUT2D eigenvalue weighted by Crippen LogP contribution is -2.36. The predicted molar refractivity (Wildman–Crippen MR) is 149 cm³/mol. The van der Waals surface area contributed by atoms with E-state index in [0.29, 0.717) is 11.8 Å². The summed E-state index contributed by atoms with van der Waals surface area (Å²) in [4.78, 5) is 9.96. The second kappa shape index (κ2) is 14.4. The summed E-state index contributed by atoms with van der Waals surface area (Å²) in [5.74, 6) is 2.91. The standard InChI is InChI=1S/C28H42N4O2.C2H6/c1-21-10-8-11-26(33-4)27(21)28-30-25(23(3)34-28)20-32-18-12-24(13-19-32)22(2)29-14-9-17-31-15-6-5-7-16-31;1-2/h8,10-11,24,29H,2,5-7,9,12-20H2,1,3-4H3;1-2H3. The first-order valence-corrected chi connectivity index (χ1v) is 14.0. The van der Waals surface area contributed by atoms with Crippen LogP contribution in [0.4, 0.5) is 0 Å². The molecule has 36 heavy (non-hydrogen) atoms. The maximum atomic E-state index is 6.08. The summed E-state index contributed by atoms with van der Waals surface area (Å²) in [7, 11) is 1.69. The van der Waals surface area contributed by atoms with Gasteiger partial charge in [0.15, 0.2) is 0 Å². The van der Waals surface area contributed by atoms with E-state index in [1.807, 2.05) is 32.9 Å². The van der Waals surface area contributed by atoms with Crippen molar-refractivity contribution in [3.63, 3.8) is 0 Å². The molecule has 0 aliphatic carbocycles. The number of ether oxygens (including phenoxy) is 1. The second-order valence-corrected chi connectivity index (χ2v) is 9.93. The Balaban J connectivity index is 0.00000176. The first kappa shape index (κ1) is 28.3. The molecular formula is C30H48N4O2. The second-order valence-electron chi connectivity index (χ2n) is 9.93. The van der Waals surface area contributed by atoms with E-state index in [-0.39, 0.29) is 0 Å². The number of aryl methyl sites for hydroxylation is 2. The van der Waals surface area contributed by atoms with Gasteiger partial charge in [-0.15, -0.1) is 0 Å². The van der Waals surface area contributed by atoms with Crippen molar-refractivity contribution in [1.82, 2.24) is 20.1 Å². The van der Waals surface area contributed by atoms with Gasteiger partial charge >= 0.3 is 0 Å². The van der Waals surface area contributed by atoms with Crippen molar-refractivity contribution < 1.29 is 9.15 Å². The van der Waals surface area contributed by atoms with Crippen molar-refractivity contribution in [2.75, 3.05) is 46.4 Å². The van der Waals surface area contributed by atoms with Crippen LogP contribution in [0.2, 0.25) is 0 Å². The molecule has 0 saturated carbocycles. The molecule has 0 spiro atoms. The van der Waals surface area contributed by atoms with Gasteiger partial charge in [-0.3, -0.25) is 4.90 Å². The normalized spacial score (nSPS) is 17.4. The molecule has 2 aliphatic heterocycles. The Morgan fingerprint density at radius 2 is 1.81 bits per heavy atom. The summed E-state index contributed by atoms with van der Waals surface area (Å²) < 4.78 is 11.6. The number of oxazole rings is 1. The number of allylic oxidation sites excluding steroid dienone is 1. The molecular weight excluding hydrogens is 448 g/mol. The zero-order chi connectivity index (χ0) is 25.9. The maximum absolute atomic E-state index is 6.08. The highest BCUT2D eigenvalue weighted by molar-refractivity contribution is 5.67. The molecule has 6 nitrogen and oxygen atoms in total. The van der Waals surface area contributed by atoms with Crippen LogP contribution in [0.25, 0.3) is 11.5 Å². The lowest BCUT2D eigenvalue weighted by molar-refractivity contribution is 0.185. The minimum atomic E-state index is 0.566. The fourth-order valence-electron chi connectivity index (χ4n) is 5.30. The molecule has 2 aliphatic rings. The lowest BCUT2D eigenvalue weighted by atomic mass is 9.94. The molecule has 3 heterocycles. The van der Waals surface area contributed by atoms with Gasteiger partial charge in [0.2, 0.25) is 5.89 Å². The zero-order valence-corrected chi connectivity index (χ0v) is 23.4. The molecule has 200 valence electrons. The van der Waals surface area contributed by atoms with Crippen molar-refractivity contribution >= 4 is 0 Å². The molecule has 1 aromatic carbocycles. The van der Waals surface area contributed by atoms with E-state index < -0.39 is 0 Å². The molecule has 0 bridgehead atoms. The Bertz CT molecular complexity index is 940. The molecule has 1 N–H and O–H groups in total. The summed E-state index contributed by atoms with van der Waals surface area (Å²) in [6.07, 6.45) is 7.64. The van der Waals surface area contributed by atoms with Crippen molar-refractivity contribution in [2.24, 2.45) is 5.92 Å². The third-order valence-corrected chi connectivity index (χ3v) is 7.47. The Labute approximate surface area is 219 Å². The highest BCUT2D eigenvalue weighted by Crippen LogP contribution is 2.34. The van der Waals surface area contributed by atoms with Crippen LogP contribution in [-0.2, 0) is 6.54 Å². The summed E-state index contributed by atoms with van der Waals surface area (Å²) in [5, 5.41) is 3.62. The van der Waals surface area contributed by atoms with Crippen LogP contribution in [0.15, 0.2) is 34.9 Å². The Morgan fingerprint density at radius 3 is 2.50 bits per heavy atom. The van der Waals surface area contributed by atoms with Gasteiger partial charge in [0.25, 0.3) is 0 Å². The van der Waals surface area contributed by atoms with Gasteiger partial charge in [-0.1, -0.05) is 39.0 Å². The van der Waals surface area contributed by atoms with Crippen LogP contribution < -0.4 is 10.1 Å². The van der Waals surface area contributed by atoms with Crippen LogP contribution >= 0.6 is 0 Å². The van der Waals surface area contributed by atoms with Crippen molar-refractivity contribution in [2.45, 2.75) is 72.8 Å². The minimum absolute atomic E-state index is 0.566. The number of nitrogens with one attached hydrogen (secondary N) is 1. The molecule has 2 aromatic rings. The van der Waals surface area contributed by atoms with Gasteiger partial charge in [0.1, 0.15) is 11.5 Å². The number of hydrogen-bond acceptors (Lipinski definition) is 6. The van der Waals surface area contributed by atoms with Crippen LogP contribution in [0.5, 0.6) is 5.75 Å². The van der Waals surface area contributed by atoms with Crippen molar-refractivity contribution in [3.8, 4) is 17.2 Å². The van der Waals surface area contributed by atoms with Gasteiger partial charge in [-0.05, 0) is 90.3 Å².